The summed E-state index contributed by atoms with van der Waals surface area (Å²) in [6, 6.07) is 6.80. The minimum Gasteiger partial charge on any atom is -0.481 e. The number of hydrogen-bond acceptors (Lipinski definition) is 3. The van der Waals surface area contributed by atoms with Crippen molar-refractivity contribution >= 4 is 17.7 Å². The van der Waals surface area contributed by atoms with Crippen molar-refractivity contribution in [1.29, 1.82) is 0 Å². The van der Waals surface area contributed by atoms with Crippen LogP contribution in [0.3, 0.4) is 0 Å². The highest BCUT2D eigenvalue weighted by Crippen LogP contribution is 2.48. The number of anilines is 1. The number of benzene rings is 1. The molecule has 0 aromatic heterocycles. The molecule has 0 spiro atoms. The third-order valence-corrected chi connectivity index (χ3v) is 3.18. The van der Waals surface area contributed by atoms with Crippen molar-refractivity contribution in [3.63, 3.8) is 0 Å². The van der Waals surface area contributed by atoms with Crippen molar-refractivity contribution in [3.05, 3.63) is 42.5 Å². The molecule has 1 saturated carbocycles. The van der Waals surface area contributed by atoms with Gasteiger partial charge in [0.05, 0.1) is 5.41 Å². The SMILES string of the molecule is C=CCOC(=O)Nc1ccc(C2(C(=O)O)CC2)cc1. The Balaban J connectivity index is 2.01. The van der Waals surface area contributed by atoms with E-state index in [0.717, 1.165) is 5.56 Å². The van der Waals surface area contributed by atoms with Crippen LogP contribution in [0.4, 0.5) is 10.5 Å². The van der Waals surface area contributed by atoms with Crippen LogP contribution in [-0.4, -0.2) is 23.8 Å². The molecule has 1 fully saturated rings. The minimum absolute atomic E-state index is 0.145. The standard InChI is InChI=1S/C14H15NO4/c1-2-9-19-13(18)15-11-5-3-10(4-6-11)14(7-8-14)12(16)17/h2-6H,1,7-9H2,(H,15,18)(H,16,17). The van der Waals surface area contributed by atoms with E-state index >= 15 is 0 Å². The van der Waals surface area contributed by atoms with Gasteiger partial charge in [-0.2, -0.15) is 0 Å². The fourth-order valence-electron chi connectivity index (χ4n) is 1.91. The second-order valence-electron chi connectivity index (χ2n) is 4.48. The summed E-state index contributed by atoms with van der Waals surface area (Å²) in [7, 11) is 0. The minimum atomic E-state index is -0.793. The maximum Gasteiger partial charge on any atom is 0.411 e. The molecule has 100 valence electrons. The maximum absolute atomic E-state index is 11.3. The molecule has 19 heavy (non-hydrogen) atoms. The molecule has 1 aromatic rings. The maximum atomic E-state index is 11.3. The van der Waals surface area contributed by atoms with Gasteiger partial charge in [-0.1, -0.05) is 24.8 Å². The molecule has 1 aromatic carbocycles. The fourth-order valence-corrected chi connectivity index (χ4v) is 1.91. The van der Waals surface area contributed by atoms with E-state index in [1.807, 2.05) is 0 Å². The quantitative estimate of drug-likeness (QED) is 0.799. The van der Waals surface area contributed by atoms with Gasteiger partial charge < -0.3 is 9.84 Å². The predicted molar refractivity (Wildman–Crippen MR) is 70.2 cm³/mol. The molecule has 0 radical (unpaired) electrons. The number of ether oxygens (including phenoxy) is 1. The lowest BCUT2D eigenvalue weighted by molar-refractivity contribution is -0.140. The highest BCUT2D eigenvalue weighted by molar-refractivity contribution is 5.86. The number of carboxylic acids is 1. The van der Waals surface area contributed by atoms with Gasteiger partial charge in [-0.3, -0.25) is 10.1 Å². The van der Waals surface area contributed by atoms with Crippen LogP contribution >= 0.6 is 0 Å². The zero-order chi connectivity index (χ0) is 13.9. The third-order valence-electron chi connectivity index (χ3n) is 3.18. The van der Waals surface area contributed by atoms with Crippen LogP contribution < -0.4 is 5.32 Å². The summed E-state index contributed by atoms with van der Waals surface area (Å²) >= 11 is 0. The first-order valence-corrected chi connectivity index (χ1v) is 5.97. The van der Waals surface area contributed by atoms with Crippen molar-refractivity contribution < 1.29 is 19.4 Å². The van der Waals surface area contributed by atoms with E-state index in [4.69, 9.17) is 9.84 Å². The molecule has 0 saturated heterocycles. The van der Waals surface area contributed by atoms with E-state index in [1.54, 1.807) is 24.3 Å². The van der Waals surface area contributed by atoms with Gasteiger partial charge in [0.1, 0.15) is 6.61 Å². The number of rotatable bonds is 5. The normalized spacial score (nSPS) is 15.4. The number of carbonyl (C=O) groups excluding carboxylic acids is 1. The molecule has 0 aliphatic heterocycles. The van der Waals surface area contributed by atoms with Crippen LogP contribution in [0.2, 0.25) is 0 Å². The van der Waals surface area contributed by atoms with Gasteiger partial charge in [-0.05, 0) is 30.5 Å². The molecule has 2 rings (SSSR count). The summed E-state index contributed by atoms with van der Waals surface area (Å²) in [4.78, 5) is 22.5. The van der Waals surface area contributed by atoms with Crippen molar-refractivity contribution in [1.82, 2.24) is 0 Å². The number of nitrogens with one attached hydrogen (secondary N) is 1. The molecule has 1 aliphatic carbocycles. The van der Waals surface area contributed by atoms with Crippen LogP contribution in [0.25, 0.3) is 0 Å². The number of amides is 1. The first-order chi connectivity index (χ1) is 9.08. The molecule has 1 aliphatic rings. The van der Waals surface area contributed by atoms with Gasteiger partial charge in [-0.15, -0.1) is 0 Å². The lowest BCUT2D eigenvalue weighted by Gasteiger charge is -2.11. The van der Waals surface area contributed by atoms with Crippen LogP contribution in [0.5, 0.6) is 0 Å². The van der Waals surface area contributed by atoms with E-state index in [-0.39, 0.29) is 6.61 Å². The van der Waals surface area contributed by atoms with Crippen molar-refractivity contribution in [2.75, 3.05) is 11.9 Å². The second-order valence-corrected chi connectivity index (χ2v) is 4.48. The van der Waals surface area contributed by atoms with Gasteiger partial charge in [0.15, 0.2) is 0 Å². The van der Waals surface area contributed by atoms with Gasteiger partial charge in [0.2, 0.25) is 0 Å². The smallest absolute Gasteiger partial charge is 0.411 e. The Morgan fingerprint density at radius 1 is 1.37 bits per heavy atom. The molecule has 0 unspecified atom stereocenters. The molecule has 1 amide bonds. The van der Waals surface area contributed by atoms with Crippen molar-refractivity contribution in [2.24, 2.45) is 0 Å². The highest BCUT2D eigenvalue weighted by atomic mass is 16.5. The molecule has 0 heterocycles. The van der Waals surface area contributed by atoms with E-state index in [9.17, 15) is 9.59 Å². The largest absolute Gasteiger partial charge is 0.481 e. The zero-order valence-electron chi connectivity index (χ0n) is 10.4. The van der Waals surface area contributed by atoms with E-state index < -0.39 is 17.5 Å². The molecule has 2 N–H and O–H groups in total. The zero-order valence-corrected chi connectivity index (χ0v) is 10.4. The highest BCUT2D eigenvalue weighted by Gasteiger charge is 2.51. The molecule has 5 nitrogen and oxygen atoms in total. The van der Waals surface area contributed by atoms with Crippen LogP contribution in [-0.2, 0) is 14.9 Å². The van der Waals surface area contributed by atoms with Gasteiger partial charge in [-0.25, -0.2) is 4.79 Å². The molecule has 5 heteroatoms. The molecule has 0 bridgehead atoms. The van der Waals surface area contributed by atoms with Gasteiger partial charge >= 0.3 is 12.1 Å². The second kappa shape index (κ2) is 5.14. The lowest BCUT2D eigenvalue weighted by Crippen LogP contribution is -2.19. The van der Waals surface area contributed by atoms with E-state index in [1.165, 1.54) is 6.08 Å². The molecule has 0 atom stereocenters. The van der Waals surface area contributed by atoms with Crippen molar-refractivity contribution in [3.8, 4) is 0 Å². The topological polar surface area (TPSA) is 75.6 Å². The lowest BCUT2D eigenvalue weighted by atomic mass is 9.96. The Morgan fingerprint density at radius 2 is 2.00 bits per heavy atom. The Morgan fingerprint density at radius 3 is 2.47 bits per heavy atom. The van der Waals surface area contributed by atoms with Crippen LogP contribution in [0, 0.1) is 0 Å². The van der Waals surface area contributed by atoms with E-state index in [0.29, 0.717) is 18.5 Å². The number of carbonyl (C=O) groups is 2. The molecular formula is C14H15NO4. The number of carboxylic acid groups (broad SMARTS) is 1. The average molecular weight is 261 g/mol. The summed E-state index contributed by atoms with van der Waals surface area (Å²) in [5, 5.41) is 11.7. The van der Waals surface area contributed by atoms with Crippen LogP contribution in [0.1, 0.15) is 18.4 Å². The monoisotopic (exact) mass is 261 g/mol. The predicted octanol–water partition coefficient (Wildman–Crippen LogP) is 2.54. The molecular weight excluding hydrogens is 246 g/mol. The fraction of sp³-hybridized carbons (Fsp3) is 0.286. The first kappa shape index (κ1) is 13.1. The third kappa shape index (κ3) is 2.76. The first-order valence-electron chi connectivity index (χ1n) is 5.97. The van der Waals surface area contributed by atoms with Crippen molar-refractivity contribution in [2.45, 2.75) is 18.3 Å². The summed E-state index contributed by atoms with van der Waals surface area (Å²) in [6.45, 7) is 3.59. The Bertz CT molecular complexity index is 503. The Hall–Kier alpha value is -2.30. The van der Waals surface area contributed by atoms with Gasteiger partial charge in [0, 0.05) is 5.69 Å². The van der Waals surface area contributed by atoms with Crippen LogP contribution in [0.15, 0.2) is 36.9 Å². The summed E-state index contributed by atoms with van der Waals surface area (Å²) in [5.41, 5.74) is 0.617. The number of hydrogen-bond donors (Lipinski definition) is 2. The summed E-state index contributed by atoms with van der Waals surface area (Å²) in [6.07, 6.45) is 2.24. The summed E-state index contributed by atoms with van der Waals surface area (Å²) in [5.74, 6) is -0.793. The number of aliphatic carboxylic acids is 1. The average Bonchev–Trinajstić information content (AvgIpc) is 3.19. The Labute approximate surface area is 110 Å². The van der Waals surface area contributed by atoms with Gasteiger partial charge in [0.25, 0.3) is 0 Å². The Kier molecular flexibility index (Phi) is 3.55. The van der Waals surface area contributed by atoms with E-state index in [2.05, 4.69) is 11.9 Å². The summed E-state index contributed by atoms with van der Waals surface area (Å²) < 4.78 is 4.78.